The number of hydrogen-bond donors (Lipinski definition) is 3. The van der Waals surface area contributed by atoms with E-state index in [9.17, 15) is 4.79 Å². The third kappa shape index (κ3) is 0.850. The van der Waals surface area contributed by atoms with Gasteiger partial charge in [0.1, 0.15) is 6.34 Å². The van der Waals surface area contributed by atoms with Crippen LogP contribution in [0.4, 0.5) is 0 Å². The van der Waals surface area contributed by atoms with Gasteiger partial charge in [-0.05, 0) is 5.23 Å². The molecule has 0 saturated heterocycles. The van der Waals surface area contributed by atoms with Crippen molar-refractivity contribution in [1.82, 2.24) is 21.6 Å². The van der Waals surface area contributed by atoms with E-state index in [2.05, 4.69) is 21.5 Å². The second kappa shape index (κ2) is 2.12. The van der Waals surface area contributed by atoms with Gasteiger partial charge in [-0.3, -0.25) is 15.6 Å². The van der Waals surface area contributed by atoms with E-state index in [1.807, 2.05) is 0 Å². The second-order valence-electron chi connectivity index (χ2n) is 1.07. The summed E-state index contributed by atoms with van der Waals surface area (Å²) in [6.45, 7) is 0. The van der Waals surface area contributed by atoms with Crippen LogP contribution in [0.2, 0.25) is 0 Å². The zero-order chi connectivity index (χ0) is 5.82. The van der Waals surface area contributed by atoms with Crippen molar-refractivity contribution in [2.24, 2.45) is 5.10 Å². The molecular weight excluding hydrogens is 110 g/mol. The number of hydrogen-bond acceptors (Lipinski definition) is 5. The smallest absolute Gasteiger partial charge is 0.224 e. The molecule has 0 spiro atoms. The molecule has 1 rings (SSSR count). The van der Waals surface area contributed by atoms with Gasteiger partial charge in [0.2, 0.25) is 6.41 Å². The number of nitrogens with one attached hydrogen (secondary N) is 3. The quantitative estimate of drug-likeness (QED) is 0.361. The summed E-state index contributed by atoms with van der Waals surface area (Å²) in [5.41, 5.74) is 7.20. The van der Waals surface area contributed by atoms with E-state index in [-0.39, 0.29) is 0 Å². The van der Waals surface area contributed by atoms with Gasteiger partial charge in [0.15, 0.2) is 0 Å². The molecule has 6 heteroatoms. The summed E-state index contributed by atoms with van der Waals surface area (Å²) in [6.07, 6.45) is 1.92. The number of hydrazone groups is 1. The molecule has 8 heavy (non-hydrogen) atoms. The van der Waals surface area contributed by atoms with Crippen molar-refractivity contribution in [1.29, 1.82) is 0 Å². The van der Waals surface area contributed by atoms with Gasteiger partial charge < -0.3 is 0 Å². The number of carbonyl (C=O) groups is 1. The SMILES string of the molecule is O=CNN1NC=NN1. The highest BCUT2D eigenvalue weighted by molar-refractivity contribution is 5.55. The summed E-state index contributed by atoms with van der Waals surface area (Å²) in [5.74, 6) is 0. The van der Waals surface area contributed by atoms with Gasteiger partial charge in [-0.25, -0.2) is 5.53 Å². The molecule has 1 heterocycles. The molecule has 1 aliphatic heterocycles. The lowest BCUT2D eigenvalue weighted by Gasteiger charge is -2.09. The van der Waals surface area contributed by atoms with Crippen molar-refractivity contribution < 1.29 is 4.79 Å². The molecule has 6 nitrogen and oxygen atoms in total. The first-order valence-electron chi connectivity index (χ1n) is 1.97. The van der Waals surface area contributed by atoms with Gasteiger partial charge in [-0.15, -0.1) is 0 Å². The van der Waals surface area contributed by atoms with Crippen LogP contribution in [-0.4, -0.2) is 18.0 Å². The van der Waals surface area contributed by atoms with E-state index in [1.165, 1.54) is 11.6 Å². The fraction of sp³-hybridized carbons (Fsp3) is 0. The average Bonchev–Trinajstić information content (AvgIpc) is 2.19. The normalized spacial score (nSPS) is 17.0. The molecule has 0 bridgehead atoms. The third-order valence-electron chi connectivity index (χ3n) is 0.591. The Morgan fingerprint density at radius 3 is 3.25 bits per heavy atom. The predicted molar refractivity (Wildman–Crippen MR) is 25.8 cm³/mol. The molecule has 0 atom stereocenters. The van der Waals surface area contributed by atoms with Crippen LogP contribution in [-0.2, 0) is 4.79 Å². The Balaban J connectivity index is 2.19. The summed E-state index contributed by atoms with van der Waals surface area (Å²) in [7, 11) is 0. The third-order valence-corrected chi connectivity index (χ3v) is 0.591. The molecule has 3 N–H and O–H groups in total. The number of hydrazine groups is 3. The largest absolute Gasteiger partial charge is 0.277 e. The Bertz CT molecular complexity index is 103. The van der Waals surface area contributed by atoms with Crippen molar-refractivity contribution in [3.05, 3.63) is 0 Å². The van der Waals surface area contributed by atoms with E-state index < -0.39 is 0 Å². The van der Waals surface area contributed by atoms with Crippen molar-refractivity contribution in [3.63, 3.8) is 0 Å². The molecule has 44 valence electrons. The molecule has 0 aromatic carbocycles. The maximum Gasteiger partial charge on any atom is 0.224 e. The van der Waals surface area contributed by atoms with Gasteiger partial charge in [-0.1, -0.05) is 0 Å². The summed E-state index contributed by atoms with van der Waals surface area (Å²) in [4.78, 5) is 9.67. The first-order chi connectivity index (χ1) is 3.93. The highest BCUT2D eigenvalue weighted by Crippen LogP contribution is 1.68. The van der Waals surface area contributed by atoms with Crippen LogP contribution in [0.25, 0.3) is 0 Å². The van der Waals surface area contributed by atoms with Crippen LogP contribution in [0.5, 0.6) is 0 Å². The van der Waals surface area contributed by atoms with E-state index in [4.69, 9.17) is 0 Å². The van der Waals surface area contributed by atoms with E-state index in [0.29, 0.717) is 6.41 Å². The van der Waals surface area contributed by atoms with Gasteiger partial charge in [0.25, 0.3) is 0 Å². The maximum absolute atomic E-state index is 9.67. The Morgan fingerprint density at radius 2 is 2.75 bits per heavy atom. The lowest BCUT2D eigenvalue weighted by Crippen LogP contribution is -2.48. The monoisotopic (exact) mass is 115 g/mol. The minimum atomic E-state index is 0.522. The number of carbonyl (C=O) groups excluding carboxylic acids is 1. The van der Waals surface area contributed by atoms with Crippen LogP contribution in [0.15, 0.2) is 5.10 Å². The zero-order valence-electron chi connectivity index (χ0n) is 3.96. The predicted octanol–water partition coefficient (Wildman–Crippen LogP) is -2.08. The highest BCUT2D eigenvalue weighted by Gasteiger charge is 1.99. The fourth-order valence-electron chi connectivity index (χ4n) is 0.321. The van der Waals surface area contributed by atoms with Crippen LogP contribution in [0.3, 0.4) is 0 Å². The maximum atomic E-state index is 9.67. The molecule has 0 aromatic rings. The Kier molecular flexibility index (Phi) is 1.29. The Morgan fingerprint density at radius 1 is 1.88 bits per heavy atom. The molecule has 1 amide bonds. The first kappa shape index (κ1) is 4.85. The second-order valence-corrected chi connectivity index (χ2v) is 1.07. The van der Waals surface area contributed by atoms with Crippen molar-refractivity contribution in [3.8, 4) is 0 Å². The summed E-state index contributed by atoms with van der Waals surface area (Å²) >= 11 is 0. The minimum absolute atomic E-state index is 0.522. The molecule has 0 aromatic heterocycles. The van der Waals surface area contributed by atoms with Gasteiger partial charge in [0.05, 0.1) is 0 Å². The van der Waals surface area contributed by atoms with Gasteiger partial charge in [0, 0.05) is 0 Å². The van der Waals surface area contributed by atoms with E-state index >= 15 is 0 Å². The zero-order valence-corrected chi connectivity index (χ0v) is 3.96. The summed E-state index contributed by atoms with van der Waals surface area (Å²) < 4.78 is 0. The molecule has 0 aliphatic carbocycles. The highest BCUT2D eigenvalue weighted by atomic mass is 16.2. The van der Waals surface area contributed by atoms with Crippen molar-refractivity contribution >= 4 is 12.7 Å². The lowest BCUT2D eigenvalue weighted by atomic mass is 11.3. The summed E-state index contributed by atoms with van der Waals surface area (Å²) in [5, 5.41) is 4.70. The average molecular weight is 115 g/mol. The Hall–Kier alpha value is -1.30. The Labute approximate surface area is 45.4 Å². The molecule has 0 fully saturated rings. The number of nitrogens with zero attached hydrogens (tertiary/aromatic N) is 2. The number of rotatable bonds is 2. The van der Waals surface area contributed by atoms with Crippen LogP contribution in [0, 0.1) is 0 Å². The van der Waals surface area contributed by atoms with Crippen molar-refractivity contribution in [2.75, 3.05) is 0 Å². The first-order valence-corrected chi connectivity index (χ1v) is 1.97. The molecule has 0 saturated carbocycles. The standard InChI is InChI=1S/C2H5N5O/c8-2-5-7-4-1-3-6-7/h1-2,6H,(H,3,4)(H,5,8). The minimum Gasteiger partial charge on any atom is -0.277 e. The van der Waals surface area contributed by atoms with Crippen LogP contribution >= 0.6 is 0 Å². The fourth-order valence-corrected chi connectivity index (χ4v) is 0.321. The van der Waals surface area contributed by atoms with Crippen molar-refractivity contribution in [2.45, 2.75) is 0 Å². The van der Waals surface area contributed by atoms with Gasteiger partial charge in [-0.2, -0.15) is 5.10 Å². The number of amides is 1. The topological polar surface area (TPSA) is 68.8 Å². The van der Waals surface area contributed by atoms with E-state index in [0.717, 1.165) is 0 Å². The molecule has 0 unspecified atom stereocenters. The molecular formula is C2H5N5O. The van der Waals surface area contributed by atoms with Gasteiger partial charge >= 0.3 is 0 Å². The van der Waals surface area contributed by atoms with E-state index in [1.54, 1.807) is 0 Å². The lowest BCUT2D eigenvalue weighted by molar-refractivity contribution is -0.115. The van der Waals surface area contributed by atoms with Crippen LogP contribution in [0.1, 0.15) is 0 Å². The molecule has 1 aliphatic rings. The van der Waals surface area contributed by atoms with Crippen LogP contribution < -0.4 is 16.4 Å². The summed E-state index contributed by atoms with van der Waals surface area (Å²) in [6, 6.07) is 0. The molecule has 0 radical (unpaired) electrons.